The van der Waals surface area contributed by atoms with Crippen LogP contribution in [0.2, 0.25) is 0 Å². The first-order valence-electron chi connectivity index (χ1n) is 12.4. The van der Waals surface area contributed by atoms with Gasteiger partial charge in [-0.1, -0.05) is 97.8 Å². The second-order valence-corrected chi connectivity index (χ2v) is 21.4. The van der Waals surface area contributed by atoms with Crippen molar-refractivity contribution in [1.29, 1.82) is 0 Å². The minimum Gasteiger partial charge on any atom is -0.165 e. The zero-order chi connectivity index (χ0) is 26.2. The first-order valence-corrected chi connectivity index (χ1v) is 23.3. The van der Waals surface area contributed by atoms with E-state index in [2.05, 4.69) is 135 Å². The molecule has 0 fully saturated rings. The third kappa shape index (κ3) is 7.26. The van der Waals surface area contributed by atoms with E-state index in [0.29, 0.717) is 0 Å². The molecular formula is C34H30Cl2Hf-2. The molecule has 0 atom stereocenters. The summed E-state index contributed by atoms with van der Waals surface area (Å²) in [6.07, 6.45) is 0. The van der Waals surface area contributed by atoms with Gasteiger partial charge in [-0.2, -0.15) is 12.1 Å². The molecule has 0 saturated carbocycles. The average Bonchev–Trinajstić information content (AvgIpc) is 3.50. The van der Waals surface area contributed by atoms with Crippen LogP contribution in [0.25, 0.3) is 43.8 Å². The maximum Gasteiger partial charge on any atom is -0.0279 e. The first kappa shape index (κ1) is 27.5. The van der Waals surface area contributed by atoms with Crippen LogP contribution in [-0.4, -0.2) is 3.76 Å². The molecule has 0 nitrogen and oxygen atoms in total. The summed E-state index contributed by atoms with van der Waals surface area (Å²) in [5.74, 6) is 0. The Bertz CT molecular complexity index is 1490. The Morgan fingerprint density at radius 1 is 0.568 bits per heavy atom. The Hall–Kier alpha value is -2.58. The summed E-state index contributed by atoms with van der Waals surface area (Å²) in [5, 5.41) is 5.37. The summed E-state index contributed by atoms with van der Waals surface area (Å²) < 4.78 is 1.91. The fraction of sp³-hybridized carbons (Fsp3) is 0.0882. The zero-order valence-electron chi connectivity index (χ0n) is 21.4. The molecule has 0 aliphatic rings. The molecule has 3 heteroatoms. The van der Waals surface area contributed by atoms with Gasteiger partial charge in [0, 0.05) is 0 Å². The van der Waals surface area contributed by atoms with Gasteiger partial charge in [0.1, 0.15) is 0 Å². The third-order valence-electron chi connectivity index (χ3n) is 6.18. The number of aryl methyl sites for hydroxylation is 2. The second kappa shape index (κ2) is 13.3. The van der Waals surface area contributed by atoms with E-state index in [1.54, 1.807) is 0 Å². The van der Waals surface area contributed by atoms with Gasteiger partial charge >= 0.3 is 46.4 Å². The summed E-state index contributed by atoms with van der Waals surface area (Å²) in [4.78, 5) is 0. The quantitative estimate of drug-likeness (QED) is 0.126. The molecule has 0 spiro atoms. The molecule has 0 radical (unpaired) electrons. The van der Waals surface area contributed by atoms with Crippen LogP contribution >= 0.6 is 17.2 Å². The van der Waals surface area contributed by atoms with Crippen molar-refractivity contribution < 1.29 is 18.6 Å². The van der Waals surface area contributed by atoms with Crippen molar-refractivity contribution in [2.75, 3.05) is 0 Å². The van der Waals surface area contributed by atoms with Crippen LogP contribution in [0, 0.1) is 13.8 Å². The van der Waals surface area contributed by atoms with Crippen LogP contribution in [0.1, 0.15) is 18.1 Å². The molecule has 0 bridgehead atoms. The van der Waals surface area contributed by atoms with Crippen molar-refractivity contribution in [3.63, 3.8) is 0 Å². The van der Waals surface area contributed by atoms with E-state index >= 15 is 0 Å². The predicted octanol–water partition coefficient (Wildman–Crippen LogP) is 10.8. The summed E-state index contributed by atoms with van der Waals surface area (Å²) >= 11 is -1.88. The van der Waals surface area contributed by atoms with Gasteiger partial charge in [0.2, 0.25) is 0 Å². The largest absolute Gasteiger partial charge is 0.165 e. The van der Waals surface area contributed by atoms with Crippen molar-refractivity contribution in [3.8, 4) is 22.3 Å². The Labute approximate surface area is 235 Å². The molecule has 0 unspecified atom stereocenters. The van der Waals surface area contributed by atoms with Gasteiger partial charge in [0.25, 0.3) is 0 Å². The summed E-state index contributed by atoms with van der Waals surface area (Å²) in [5.41, 5.74) is 7.89. The molecule has 37 heavy (non-hydrogen) atoms. The maximum atomic E-state index is 5.39. The van der Waals surface area contributed by atoms with E-state index in [9.17, 15) is 0 Å². The van der Waals surface area contributed by atoms with Crippen molar-refractivity contribution in [1.82, 2.24) is 0 Å². The normalized spacial score (nSPS) is 10.3. The second-order valence-electron chi connectivity index (χ2n) is 8.99. The van der Waals surface area contributed by atoms with Gasteiger partial charge in [-0.25, -0.2) is 0 Å². The SMILES string of the molecule is C[CH]=[Hf]([Cl])[Cl].Cc1cc2c(-c3ccccc3)cccc2[cH-]1.Cc1cc2c(-c3ccccc3)cccc2[cH-]1. The van der Waals surface area contributed by atoms with Crippen LogP contribution in [0.3, 0.4) is 0 Å². The molecule has 0 heterocycles. The maximum absolute atomic E-state index is 5.39. The predicted molar refractivity (Wildman–Crippen MR) is 163 cm³/mol. The van der Waals surface area contributed by atoms with Crippen LogP contribution < -0.4 is 0 Å². The fourth-order valence-corrected chi connectivity index (χ4v) is 4.51. The number of rotatable bonds is 2. The molecule has 0 saturated heterocycles. The Morgan fingerprint density at radius 2 is 0.946 bits per heavy atom. The van der Waals surface area contributed by atoms with Crippen molar-refractivity contribution in [3.05, 3.63) is 132 Å². The van der Waals surface area contributed by atoms with E-state index < -0.39 is 18.6 Å². The number of hydrogen-bond acceptors (Lipinski definition) is 0. The number of benzene rings is 4. The summed E-state index contributed by atoms with van der Waals surface area (Å²) in [6, 6.07) is 43.1. The van der Waals surface area contributed by atoms with Gasteiger partial charge in [-0.3, -0.25) is 0 Å². The summed E-state index contributed by atoms with van der Waals surface area (Å²) in [6.45, 7) is 6.20. The van der Waals surface area contributed by atoms with Crippen molar-refractivity contribution >= 4 is 42.5 Å². The molecule has 6 aromatic rings. The monoisotopic (exact) mass is 688 g/mol. The average molecular weight is 688 g/mol. The van der Waals surface area contributed by atoms with E-state index in [4.69, 9.17) is 17.2 Å². The van der Waals surface area contributed by atoms with Gasteiger partial charge in [-0.15, -0.1) is 69.1 Å². The van der Waals surface area contributed by atoms with E-state index in [1.165, 1.54) is 54.9 Å². The molecular weight excluding hydrogens is 658 g/mol. The molecule has 0 aliphatic carbocycles. The third-order valence-corrected chi connectivity index (χ3v) is 11.3. The van der Waals surface area contributed by atoms with Crippen LogP contribution in [0.15, 0.2) is 121 Å². The summed E-state index contributed by atoms with van der Waals surface area (Å²) in [7, 11) is 10.8. The zero-order valence-corrected chi connectivity index (χ0v) is 26.5. The number of fused-ring (bicyclic) bond motifs is 2. The van der Waals surface area contributed by atoms with Crippen LogP contribution in [0.5, 0.6) is 0 Å². The van der Waals surface area contributed by atoms with Gasteiger partial charge < -0.3 is 0 Å². The van der Waals surface area contributed by atoms with Gasteiger partial charge in [-0.05, 0) is 11.1 Å². The van der Waals surface area contributed by atoms with Gasteiger partial charge in [0.15, 0.2) is 0 Å². The van der Waals surface area contributed by atoms with Crippen LogP contribution in [-0.2, 0) is 18.6 Å². The fourth-order valence-electron chi connectivity index (χ4n) is 4.51. The van der Waals surface area contributed by atoms with E-state index in [-0.39, 0.29) is 0 Å². The Balaban J connectivity index is 0.000000147. The molecule has 0 aliphatic heterocycles. The van der Waals surface area contributed by atoms with E-state index in [0.717, 1.165) is 0 Å². The molecule has 0 N–H and O–H groups in total. The molecule has 6 rings (SSSR count). The smallest absolute Gasteiger partial charge is 0.0279 e. The Kier molecular flexibility index (Phi) is 9.86. The number of hydrogen-bond donors (Lipinski definition) is 0. The van der Waals surface area contributed by atoms with Crippen LogP contribution in [0.4, 0.5) is 0 Å². The standard InChI is InChI=1S/2C16H13.C2H4.2ClH.Hf/c2*1-12-10-14-8-5-9-15(16(14)11-12)13-6-3-2-4-7-13;1-2;;;/h2*2-11H,1H3;1H,2H3;2*1H;/q2*-1;;;;+2/p-2. The molecule has 6 aromatic carbocycles. The van der Waals surface area contributed by atoms with E-state index in [1.807, 2.05) is 10.7 Å². The van der Waals surface area contributed by atoms with Gasteiger partial charge in [0.05, 0.1) is 0 Å². The minimum atomic E-state index is -1.88. The molecule has 0 aromatic heterocycles. The molecule has 186 valence electrons. The van der Waals surface area contributed by atoms with Crippen molar-refractivity contribution in [2.24, 2.45) is 0 Å². The van der Waals surface area contributed by atoms with Crippen molar-refractivity contribution in [2.45, 2.75) is 20.8 Å². The number of halogens is 2. The topological polar surface area (TPSA) is 0 Å². The first-order chi connectivity index (χ1) is 18.0. The Morgan fingerprint density at radius 3 is 1.30 bits per heavy atom. The molecule has 0 amide bonds. The minimum absolute atomic E-state index is 1.29.